The minimum absolute atomic E-state index is 0.0785. The van der Waals surface area contributed by atoms with Gasteiger partial charge in [0.2, 0.25) is 0 Å². The van der Waals surface area contributed by atoms with E-state index in [0.717, 1.165) is 29.4 Å². The maximum absolute atomic E-state index is 13.3. The van der Waals surface area contributed by atoms with Crippen molar-refractivity contribution in [2.75, 3.05) is 13.1 Å². The van der Waals surface area contributed by atoms with Gasteiger partial charge in [-0.3, -0.25) is 4.79 Å². The number of hydrogen-bond donors (Lipinski definition) is 0. The third kappa shape index (κ3) is 4.66. The van der Waals surface area contributed by atoms with Gasteiger partial charge >= 0.3 is 5.63 Å². The highest BCUT2D eigenvalue weighted by Gasteiger charge is 2.20. The summed E-state index contributed by atoms with van der Waals surface area (Å²) in [7, 11) is 0. The zero-order valence-corrected chi connectivity index (χ0v) is 16.7. The molecular formula is C26H23NO3. The normalized spacial score (nSPS) is 10.8. The van der Waals surface area contributed by atoms with Crippen LogP contribution >= 0.6 is 0 Å². The molecule has 30 heavy (non-hydrogen) atoms. The molecule has 4 rings (SSSR count). The fraction of sp³-hybridized carbons (Fsp3) is 0.154. The maximum atomic E-state index is 13.3. The highest BCUT2D eigenvalue weighted by molar-refractivity contribution is 5.96. The standard InChI is InChI=1S/C26H23NO3/c28-25(23-19-22-13-7-8-14-24(22)30-26(23)29)27(17-15-20-9-3-1-4-10-20)18-16-21-11-5-2-6-12-21/h1-14,19H,15-18H2. The molecule has 4 heteroatoms. The van der Waals surface area contributed by atoms with Crippen molar-refractivity contribution in [3.63, 3.8) is 0 Å². The Balaban J connectivity index is 1.59. The van der Waals surface area contributed by atoms with Gasteiger partial charge in [0.05, 0.1) is 0 Å². The molecule has 0 fully saturated rings. The zero-order valence-electron chi connectivity index (χ0n) is 16.7. The minimum Gasteiger partial charge on any atom is -0.422 e. The molecule has 0 aliphatic carbocycles. The van der Waals surface area contributed by atoms with E-state index in [9.17, 15) is 9.59 Å². The Kier molecular flexibility index (Phi) is 6.04. The van der Waals surface area contributed by atoms with E-state index < -0.39 is 5.63 Å². The molecule has 0 aliphatic rings. The predicted molar refractivity (Wildman–Crippen MR) is 119 cm³/mol. The summed E-state index contributed by atoms with van der Waals surface area (Å²) in [5.74, 6) is -0.290. The first kappa shape index (κ1) is 19.6. The number of benzene rings is 3. The molecule has 1 heterocycles. The van der Waals surface area contributed by atoms with E-state index in [1.165, 1.54) is 0 Å². The molecule has 0 unspecified atom stereocenters. The minimum atomic E-state index is -0.594. The van der Waals surface area contributed by atoms with Gasteiger partial charge in [0.15, 0.2) is 0 Å². The molecule has 3 aromatic carbocycles. The molecule has 1 amide bonds. The molecule has 150 valence electrons. The van der Waals surface area contributed by atoms with Gasteiger partial charge in [0.1, 0.15) is 11.1 Å². The lowest BCUT2D eigenvalue weighted by atomic mass is 10.1. The van der Waals surface area contributed by atoms with Crippen molar-refractivity contribution in [1.82, 2.24) is 4.90 Å². The van der Waals surface area contributed by atoms with Crippen LogP contribution in [0.25, 0.3) is 11.0 Å². The molecular weight excluding hydrogens is 374 g/mol. The first-order valence-corrected chi connectivity index (χ1v) is 10.1. The van der Waals surface area contributed by atoms with Gasteiger partial charge in [-0.25, -0.2) is 4.79 Å². The van der Waals surface area contributed by atoms with Crippen LogP contribution in [0.4, 0.5) is 0 Å². The maximum Gasteiger partial charge on any atom is 0.349 e. The van der Waals surface area contributed by atoms with Crippen LogP contribution in [-0.2, 0) is 12.8 Å². The van der Waals surface area contributed by atoms with E-state index in [1.807, 2.05) is 72.8 Å². The smallest absolute Gasteiger partial charge is 0.349 e. The Labute approximate surface area is 175 Å². The molecule has 0 bridgehead atoms. The fourth-order valence-electron chi connectivity index (χ4n) is 3.51. The van der Waals surface area contributed by atoms with Crippen LogP contribution in [0, 0.1) is 0 Å². The number of fused-ring (bicyclic) bond motifs is 1. The van der Waals surface area contributed by atoms with E-state index in [2.05, 4.69) is 0 Å². The summed E-state index contributed by atoms with van der Waals surface area (Å²) in [6, 6.07) is 29.0. The predicted octanol–water partition coefficient (Wildman–Crippen LogP) is 4.72. The summed E-state index contributed by atoms with van der Waals surface area (Å²) in [5, 5.41) is 0.742. The average molecular weight is 397 g/mol. The van der Waals surface area contributed by atoms with Crippen LogP contribution < -0.4 is 5.63 Å². The van der Waals surface area contributed by atoms with Crippen molar-refractivity contribution in [1.29, 1.82) is 0 Å². The summed E-state index contributed by atoms with van der Waals surface area (Å²) in [6.07, 6.45) is 1.45. The Bertz CT molecular complexity index is 1140. The second kappa shape index (κ2) is 9.23. The van der Waals surface area contributed by atoms with E-state index in [4.69, 9.17) is 4.42 Å². The van der Waals surface area contributed by atoms with E-state index >= 15 is 0 Å². The van der Waals surface area contributed by atoms with Crippen LogP contribution in [0.5, 0.6) is 0 Å². The molecule has 4 nitrogen and oxygen atoms in total. The van der Waals surface area contributed by atoms with Crippen molar-refractivity contribution in [2.24, 2.45) is 0 Å². The molecule has 0 saturated heterocycles. The molecule has 0 aliphatic heterocycles. The van der Waals surface area contributed by atoms with E-state index in [0.29, 0.717) is 18.7 Å². The topological polar surface area (TPSA) is 50.5 Å². The fourth-order valence-corrected chi connectivity index (χ4v) is 3.51. The van der Waals surface area contributed by atoms with Crippen LogP contribution in [0.2, 0.25) is 0 Å². The number of amides is 1. The van der Waals surface area contributed by atoms with Gasteiger partial charge in [0, 0.05) is 18.5 Å². The first-order chi connectivity index (χ1) is 14.7. The average Bonchev–Trinajstić information content (AvgIpc) is 2.79. The van der Waals surface area contributed by atoms with E-state index in [-0.39, 0.29) is 11.5 Å². The Morgan fingerprint density at radius 1 is 0.733 bits per heavy atom. The van der Waals surface area contributed by atoms with Crippen LogP contribution in [-0.4, -0.2) is 23.9 Å². The molecule has 1 aromatic heterocycles. The molecule has 0 N–H and O–H groups in total. The third-order valence-corrected chi connectivity index (χ3v) is 5.19. The lowest BCUT2D eigenvalue weighted by molar-refractivity contribution is 0.0755. The molecule has 4 aromatic rings. The quantitative estimate of drug-likeness (QED) is 0.424. The molecule has 0 atom stereocenters. The van der Waals surface area contributed by atoms with Crippen molar-refractivity contribution in [3.8, 4) is 0 Å². The summed E-state index contributed by atoms with van der Waals surface area (Å²) in [4.78, 5) is 27.6. The lowest BCUT2D eigenvalue weighted by Crippen LogP contribution is -2.37. The number of nitrogens with zero attached hydrogens (tertiary/aromatic N) is 1. The van der Waals surface area contributed by atoms with Crippen molar-refractivity contribution >= 4 is 16.9 Å². The summed E-state index contributed by atoms with van der Waals surface area (Å²) in [6.45, 7) is 1.06. The summed E-state index contributed by atoms with van der Waals surface area (Å²) < 4.78 is 5.39. The molecule has 0 saturated carbocycles. The number of carbonyl (C=O) groups is 1. The summed E-state index contributed by atoms with van der Waals surface area (Å²) in [5.41, 5.74) is 2.28. The van der Waals surface area contributed by atoms with Gasteiger partial charge in [-0.05, 0) is 36.1 Å². The van der Waals surface area contributed by atoms with Crippen molar-refractivity contribution < 1.29 is 9.21 Å². The SMILES string of the molecule is O=C(c1cc2ccccc2oc1=O)N(CCc1ccccc1)CCc1ccccc1. The van der Waals surface area contributed by atoms with Gasteiger partial charge in [-0.1, -0.05) is 78.9 Å². The zero-order chi connectivity index (χ0) is 20.8. The lowest BCUT2D eigenvalue weighted by Gasteiger charge is -2.23. The third-order valence-electron chi connectivity index (χ3n) is 5.19. The largest absolute Gasteiger partial charge is 0.422 e. The second-order valence-electron chi connectivity index (χ2n) is 7.25. The van der Waals surface area contributed by atoms with Gasteiger partial charge in [-0.15, -0.1) is 0 Å². The van der Waals surface area contributed by atoms with Crippen LogP contribution in [0.15, 0.2) is 100 Å². The van der Waals surface area contributed by atoms with Crippen molar-refractivity contribution in [3.05, 3.63) is 118 Å². The number of hydrogen-bond acceptors (Lipinski definition) is 3. The Hall–Kier alpha value is -3.66. The summed E-state index contributed by atoms with van der Waals surface area (Å²) >= 11 is 0. The monoisotopic (exact) mass is 397 g/mol. The van der Waals surface area contributed by atoms with Gasteiger partial charge in [-0.2, -0.15) is 0 Å². The van der Waals surface area contributed by atoms with Gasteiger partial charge in [0.25, 0.3) is 5.91 Å². The molecule has 0 radical (unpaired) electrons. The van der Waals surface area contributed by atoms with Gasteiger partial charge < -0.3 is 9.32 Å². The van der Waals surface area contributed by atoms with Crippen LogP contribution in [0.3, 0.4) is 0 Å². The second-order valence-corrected chi connectivity index (χ2v) is 7.25. The Morgan fingerprint density at radius 3 is 1.87 bits per heavy atom. The van der Waals surface area contributed by atoms with E-state index in [1.54, 1.807) is 23.1 Å². The number of carbonyl (C=O) groups excluding carboxylic acids is 1. The number of para-hydroxylation sites is 1. The highest BCUT2D eigenvalue weighted by Crippen LogP contribution is 2.15. The number of rotatable bonds is 7. The highest BCUT2D eigenvalue weighted by atomic mass is 16.4. The van der Waals surface area contributed by atoms with Crippen molar-refractivity contribution in [2.45, 2.75) is 12.8 Å². The molecule has 0 spiro atoms. The van der Waals surface area contributed by atoms with Crippen LogP contribution in [0.1, 0.15) is 21.5 Å². The first-order valence-electron chi connectivity index (χ1n) is 10.1. The Morgan fingerprint density at radius 2 is 1.27 bits per heavy atom.